The van der Waals surface area contributed by atoms with Gasteiger partial charge in [0.05, 0.1) is 20.8 Å². The molecule has 0 radical (unpaired) electrons. The van der Waals surface area contributed by atoms with Crippen molar-refractivity contribution in [2.75, 3.05) is 27.4 Å². The molecule has 0 spiro atoms. The van der Waals surface area contributed by atoms with Crippen LogP contribution in [-0.2, 0) is 16.1 Å². The molecular weight excluding hydrogens is 422 g/mol. The molecule has 0 atom stereocenters. The zero-order valence-corrected chi connectivity index (χ0v) is 19.7. The molecular formula is C26H31NO6. The highest BCUT2D eigenvalue weighted by molar-refractivity contribution is 5.99. The highest BCUT2D eigenvalue weighted by atomic mass is 16.5. The summed E-state index contributed by atoms with van der Waals surface area (Å²) in [6.45, 7) is 5.13. The van der Waals surface area contributed by atoms with Gasteiger partial charge in [-0.15, -0.1) is 0 Å². The number of esters is 1. The summed E-state index contributed by atoms with van der Waals surface area (Å²) >= 11 is 0. The van der Waals surface area contributed by atoms with Gasteiger partial charge in [-0.05, 0) is 54.2 Å². The summed E-state index contributed by atoms with van der Waals surface area (Å²) in [4.78, 5) is 24.8. The molecule has 4 rings (SSSR count). The van der Waals surface area contributed by atoms with Crippen molar-refractivity contribution >= 4 is 11.9 Å². The van der Waals surface area contributed by atoms with Crippen LogP contribution in [0.25, 0.3) is 11.1 Å². The molecule has 33 heavy (non-hydrogen) atoms. The molecule has 2 aromatic carbocycles. The molecule has 0 saturated heterocycles. The normalized spacial score (nSPS) is 16.0. The highest BCUT2D eigenvalue weighted by Gasteiger charge is 2.47. The van der Waals surface area contributed by atoms with Crippen LogP contribution in [0.4, 0.5) is 0 Å². The number of hydrogen-bond donors (Lipinski definition) is 1. The quantitative estimate of drug-likeness (QED) is 0.568. The lowest BCUT2D eigenvalue weighted by atomic mass is 9.69. The topological polar surface area (TPSA) is 83.1 Å². The van der Waals surface area contributed by atoms with Gasteiger partial charge in [0.15, 0.2) is 11.5 Å². The highest BCUT2D eigenvalue weighted by Crippen LogP contribution is 2.48. The smallest absolute Gasteiger partial charge is 0.315 e. The fourth-order valence-corrected chi connectivity index (χ4v) is 4.29. The summed E-state index contributed by atoms with van der Waals surface area (Å²) in [5.74, 6) is 1.53. The van der Waals surface area contributed by atoms with Crippen molar-refractivity contribution in [3.63, 3.8) is 0 Å². The zero-order valence-electron chi connectivity index (χ0n) is 19.7. The van der Waals surface area contributed by atoms with Crippen LogP contribution >= 0.6 is 0 Å². The Morgan fingerprint density at radius 1 is 1.06 bits per heavy atom. The van der Waals surface area contributed by atoms with Crippen molar-refractivity contribution < 1.29 is 28.5 Å². The molecule has 1 heterocycles. The van der Waals surface area contributed by atoms with E-state index in [1.54, 1.807) is 14.2 Å². The van der Waals surface area contributed by atoms with E-state index in [2.05, 4.69) is 5.32 Å². The molecule has 0 unspecified atom stereocenters. The number of rotatable bonds is 9. The number of nitrogens with one attached hydrogen (secondary N) is 1. The van der Waals surface area contributed by atoms with E-state index in [0.29, 0.717) is 36.0 Å². The van der Waals surface area contributed by atoms with Crippen molar-refractivity contribution in [2.24, 2.45) is 11.3 Å². The number of ether oxygens (including phenoxy) is 4. The molecule has 1 amide bonds. The van der Waals surface area contributed by atoms with E-state index >= 15 is 0 Å². The molecule has 1 aliphatic heterocycles. The van der Waals surface area contributed by atoms with Crippen molar-refractivity contribution in [3.8, 4) is 28.4 Å². The summed E-state index contributed by atoms with van der Waals surface area (Å²) in [6, 6.07) is 9.44. The summed E-state index contributed by atoms with van der Waals surface area (Å²) in [6.07, 6.45) is 2.43. The number of benzene rings is 2. The molecule has 7 heteroatoms. The molecule has 1 saturated carbocycles. The number of fused-ring (bicyclic) bond motifs is 1. The second-order valence-electron chi connectivity index (χ2n) is 9.15. The van der Waals surface area contributed by atoms with Gasteiger partial charge >= 0.3 is 5.97 Å². The van der Waals surface area contributed by atoms with Crippen LogP contribution in [0.2, 0.25) is 0 Å². The molecule has 2 aromatic rings. The Hall–Kier alpha value is -3.22. The van der Waals surface area contributed by atoms with E-state index in [1.807, 2.05) is 44.2 Å². The minimum atomic E-state index is -0.644. The lowest BCUT2D eigenvalue weighted by Gasteiger charge is -2.39. The third-order valence-corrected chi connectivity index (χ3v) is 6.38. The van der Waals surface area contributed by atoms with E-state index in [4.69, 9.17) is 18.9 Å². The fourth-order valence-electron chi connectivity index (χ4n) is 4.29. The molecule has 7 nitrogen and oxygen atoms in total. The van der Waals surface area contributed by atoms with E-state index in [1.165, 1.54) is 0 Å². The second-order valence-corrected chi connectivity index (χ2v) is 9.15. The summed E-state index contributed by atoms with van der Waals surface area (Å²) in [5, 5.41) is 2.85. The maximum Gasteiger partial charge on any atom is 0.315 e. The van der Waals surface area contributed by atoms with Crippen molar-refractivity contribution in [3.05, 3.63) is 41.5 Å². The average Bonchev–Trinajstić information content (AvgIpc) is 3.16. The average molecular weight is 454 g/mol. The van der Waals surface area contributed by atoms with Gasteiger partial charge in [0, 0.05) is 17.7 Å². The van der Waals surface area contributed by atoms with E-state index in [-0.39, 0.29) is 24.4 Å². The Kier molecular flexibility index (Phi) is 6.49. The third kappa shape index (κ3) is 4.36. The van der Waals surface area contributed by atoms with E-state index in [9.17, 15) is 9.59 Å². The van der Waals surface area contributed by atoms with Gasteiger partial charge in [0.25, 0.3) is 5.91 Å². The Morgan fingerprint density at radius 3 is 2.45 bits per heavy atom. The largest absolute Gasteiger partial charge is 0.493 e. The van der Waals surface area contributed by atoms with Gasteiger partial charge in [-0.3, -0.25) is 9.59 Å². The van der Waals surface area contributed by atoms with Gasteiger partial charge < -0.3 is 24.3 Å². The summed E-state index contributed by atoms with van der Waals surface area (Å²) in [5.41, 5.74) is 2.68. The van der Waals surface area contributed by atoms with Crippen LogP contribution in [0.15, 0.2) is 30.3 Å². The molecule has 2 aliphatic rings. The standard InChI is InChI=1S/C26H31NO6/c1-16(2)14-32-25(29)26(10-5-11-26)15-33-22-19(8-9-21(30-3)23(22)31-4)17-6-7-20-18(12-17)13-27-24(20)28/h6-9,12,16H,5,10-11,13-15H2,1-4H3,(H,27,28). The Bertz CT molecular complexity index is 1060. The monoisotopic (exact) mass is 453 g/mol. The van der Waals surface area contributed by atoms with Gasteiger partial charge in [-0.25, -0.2) is 0 Å². The van der Waals surface area contributed by atoms with Gasteiger partial charge in [-0.1, -0.05) is 26.3 Å². The molecule has 176 valence electrons. The first-order valence-electron chi connectivity index (χ1n) is 11.3. The van der Waals surface area contributed by atoms with Crippen LogP contribution in [-0.4, -0.2) is 39.3 Å². The number of carbonyl (C=O) groups excluding carboxylic acids is 2. The number of amides is 1. The maximum absolute atomic E-state index is 12.9. The SMILES string of the molecule is COc1ccc(-c2ccc3c(c2)CNC3=O)c(OCC2(C(=O)OCC(C)C)CCC2)c1OC. The first-order chi connectivity index (χ1) is 15.9. The lowest BCUT2D eigenvalue weighted by Crippen LogP contribution is -2.44. The van der Waals surface area contributed by atoms with E-state index < -0.39 is 5.41 Å². The summed E-state index contributed by atoms with van der Waals surface area (Å²) in [7, 11) is 3.14. The molecule has 0 bridgehead atoms. The Labute approximate surface area is 194 Å². The fraction of sp³-hybridized carbons (Fsp3) is 0.462. The van der Waals surface area contributed by atoms with Crippen molar-refractivity contribution in [1.29, 1.82) is 0 Å². The third-order valence-electron chi connectivity index (χ3n) is 6.38. The lowest BCUT2D eigenvalue weighted by molar-refractivity contribution is -0.165. The van der Waals surface area contributed by atoms with Crippen LogP contribution in [0.5, 0.6) is 17.2 Å². The molecule has 1 N–H and O–H groups in total. The first kappa shape index (κ1) is 23.0. The van der Waals surface area contributed by atoms with Gasteiger partial charge in [0.1, 0.15) is 12.0 Å². The van der Waals surface area contributed by atoms with Gasteiger partial charge in [-0.2, -0.15) is 0 Å². The molecule has 1 fully saturated rings. The Morgan fingerprint density at radius 2 is 1.82 bits per heavy atom. The predicted octanol–water partition coefficient (Wildman–Crippen LogP) is 4.36. The summed E-state index contributed by atoms with van der Waals surface area (Å²) < 4.78 is 23.1. The second kappa shape index (κ2) is 9.33. The minimum Gasteiger partial charge on any atom is -0.493 e. The predicted molar refractivity (Wildman–Crippen MR) is 124 cm³/mol. The minimum absolute atomic E-state index is 0.0628. The maximum atomic E-state index is 12.9. The number of carbonyl (C=O) groups is 2. The van der Waals surface area contributed by atoms with Crippen molar-refractivity contribution in [2.45, 2.75) is 39.7 Å². The van der Waals surface area contributed by atoms with Gasteiger partial charge in [0.2, 0.25) is 5.75 Å². The first-order valence-corrected chi connectivity index (χ1v) is 11.3. The van der Waals surface area contributed by atoms with Crippen LogP contribution < -0.4 is 19.5 Å². The number of methoxy groups -OCH3 is 2. The van der Waals surface area contributed by atoms with Crippen LogP contribution in [0.1, 0.15) is 49.0 Å². The molecule has 1 aliphatic carbocycles. The van der Waals surface area contributed by atoms with Crippen molar-refractivity contribution in [1.82, 2.24) is 5.32 Å². The van der Waals surface area contributed by atoms with Crippen LogP contribution in [0, 0.1) is 11.3 Å². The van der Waals surface area contributed by atoms with Crippen LogP contribution in [0.3, 0.4) is 0 Å². The zero-order chi connectivity index (χ0) is 23.6. The number of hydrogen-bond acceptors (Lipinski definition) is 6. The Balaban J connectivity index is 1.67. The molecule has 0 aromatic heterocycles. The van der Waals surface area contributed by atoms with E-state index in [0.717, 1.165) is 36.0 Å².